The Morgan fingerprint density at radius 3 is 2.28 bits per heavy atom. The zero-order chi connectivity index (χ0) is 23.4. The van der Waals surface area contributed by atoms with Gasteiger partial charge in [0.25, 0.3) is 0 Å². The summed E-state index contributed by atoms with van der Waals surface area (Å²) in [6, 6.07) is 0. The Kier molecular flexibility index (Phi) is 6.90. The quantitative estimate of drug-likeness (QED) is 0.414. The van der Waals surface area contributed by atoms with Gasteiger partial charge < -0.3 is 25.5 Å². The Balaban J connectivity index is 1.59. The van der Waals surface area contributed by atoms with Crippen LogP contribution in [0.25, 0.3) is 0 Å². The molecule has 0 aromatic carbocycles. The van der Waals surface area contributed by atoms with E-state index in [1.807, 2.05) is 6.92 Å². The van der Waals surface area contributed by atoms with E-state index in [-0.39, 0.29) is 59.0 Å². The van der Waals surface area contributed by atoms with E-state index in [1.54, 1.807) is 0 Å². The third kappa shape index (κ3) is 3.80. The Morgan fingerprint density at radius 1 is 0.906 bits per heavy atom. The highest BCUT2D eigenvalue weighted by molar-refractivity contribution is 5.17. The van der Waals surface area contributed by atoms with Crippen LogP contribution in [0.2, 0.25) is 0 Å². The van der Waals surface area contributed by atoms with Gasteiger partial charge in [0.05, 0.1) is 24.4 Å². The summed E-state index contributed by atoms with van der Waals surface area (Å²) >= 11 is 0. The Labute approximate surface area is 193 Å². The van der Waals surface area contributed by atoms with Crippen molar-refractivity contribution in [3.63, 3.8) is 0 Å². The van der Waals surface area contributed by atoms with E-state index in [9.17, 15) is 25.5 Å². The lowest BCUT2D eigenvalue weighted by molar-refractivity contribution is -0.181. The molecule has 0 amide bonds. The topological polar surface area (TPSA) is 101 Å². The highest BCUT2D eigenvalue weighted by Gasteiger charge is 2.67. The molecule has 4 aliphatic carbocycles. The minimum absolute atomic E-state index is 0.00238. The lowest BCUT2D eigenvalue weighted by atomic mass is 9.43. The summed E-state index contributed by atoms with van der Waals surface area (Å²) in [6.07, 6.45) is 7.99. The fourth-order valence-corrected chi connectivity index (χ4v) is 9.04. The van der Waals surface area contributed by atoms with E-state index in [2.05, 4.69) is 32.9 Å². The molecule has 0 aliphatic heterocycles. The predicted molar refractivity (Wildman–Crippen MR) is 125 cm³/mol. The smallest absolute Gasteiger partial charge is 0.0841 e. The lowest BCUT2D eigenvalue weighted by Gasteiger charge is -2.62. The third-order valence-electron chi connectivity index (χ3n) is 10.7. The fraction of sp³-hybridized carbons (Fsp3) is 0.926. The van der Waals surface area contributed by atoms with E-state index < -0.39 is 18.3 Å². The summed E-state index contributed by atoms with van der Waals surface area (Å²) in [5.74, 6) is 1.11. The Hall–Kier alpha value is -0.460. The van der Waals surface area contributed by atoms with E-state index >= 15 is 0 Å². The summed E-state index contributed by atoms with van der Waals surface area (Å²) in [5.41, 5.74) is -0.166. The Bertz CT molecular complexity index is 696. The highest BCUT2D eigenvalue weighted by Crippen LogP contribution is 2.68. The van der Waals surface area contributed by atoms with Crippen molar-refractivity contribution in [2.45, 2.75) is 97.1 Å². The second-order valence-electron chi connectivity index (χ2n) is 12.5. The van der Waals surface area contributed by atoms with Crippen molar-refractivity contribution in [3.8, 4) is 0 Å². The van der Waals surface area contributed by atoms with E-state index in [4.69, 9.17) is 0 Å². The van der Waals surface area contributed by atoms with Gasteiger partial charge in [0.1, 0.15) is 0 Å². The molecule has 13 atom stereocenters. The molecule has 0 radical (unpaired) electrons. The Morgan fingerprint density at radius 2 is 1.59 bits per heavy atom. The first-order valence-corrected chi connectivity index (χ1v) is 13.0. The molecule has 5 nitrogen and oxygen atoms in total. The molecule has 0 bridgehead atoms. The van der Waals surface area contributed by atoms with Crippen LogP contribution in [0.5, 0.6) is 0 Å². The summed E-state index contributed by atoms with van der Waals surface area (Å²) in [4.78, 5) is 0. The van der Waals surface area contributed by atoms with Crippen LogP contribution in [0.4, 0.5) is 0 Å². The van der Waals surface area contributed by atoms with Gasteiger partial charge in [0.15, 0.2) is 0 Å². The van der Waals surface area contributed by atoms with Crippen LogP contribution < -0.4 is 0 Å². The minimum Gasteiger partial charge on any atom is -0.396 e. The molecule has 4 rings (SSSR count). The first kappa shape index (κ1) is 24.7. The van der Waals surface area contributed by atoms with Crippen molar-refractivity contribution in [2.75, 3.05) is 6.61 Å². The molecule has 4 aliphatic rings. The molecule has 4 saturated carbocycles. The number of aliphatic hydroxyl groups excluding tert-OH is 5. The average Bonchev–Trinajstić information content (AvgIpc) is 2.94. The van der Waals surface area contributed by atoms with E-state index in [1.165, 1.54) is 0 Å². The maximum Gasteiger partial charge on any atom is 0.0841 e. The maximum atomic E-state index is 11.3. The number of hydrogen-bond acceptors (Lipinski definition) is 5. The number of aliphatic hydroxyl groups is 5. The number of allylic oxidation sites excluding steroid dienone is 2. The molecule has 0 spiro atoms. The van der Waals surface area contributed by atoms with Gasteiger partial charge in [-0.3, -0.25) is 0 Å². The van der Waals surface area contributed by atoms with Crippen molar-refractivity contribution < 1.29 is 25.5 Å². The van der Waals surface area contributed by atoms with Gasteiger partial charge in [-0.2, -0.15) is 0 Å². The molecule has 0 aromatic rings. The minimum atomic E-state index is -0.758. The zero-order valence-electron chi connectivity index (χ0n) is 20.4. The number of fused-ring (bicyclic) bond motifs is 5. The fourth-order valence-electron chi connectivity index (χ4n) is 9.04. The molecule has 13 unspecified atom stereocenters. The van der Waals surface area contributed by atoms with Gasteiger partial charge in [-0.1, -0.05) is 39.8 Å². The molecule has 4 fully saturated rings. The van der Waals surface area contributed by atoms with Crippen LogP contribution >= 0.6 is 0 Å². The molecular formula is C27H46O5. The van der Waals surface area contributed by atoms with Gasteiger partial charge in [0.2, 0.25) is 0 Å². The summed E-state index contributed by atoms with van der Waals surface area (Å²) in [6.45, 7) is 8.93. The molecule has 0 heterocycles. The highest BCUT2D eigenvalue weighted by atomic mass is 16.3. The number of rotatable bonds is 5. The first-order chi connectivity index (χ1) is 15.0. The van der Waals surface area contributed by atoms with Crippen LogP contribution in [0, 0.1) is 52.3 Å². The molecule has 0 aromatic heterocycles. The second-order valence-corrected chi connectivity index (χ2v) is 12.5. The van der Waals surface area contributed by atoms with Crippen LogP contribution in [0.1, 0.15) is 72.6 Å². The zero-order valence-corrected chi connectivity index (χ0v) is 20.4. The van der Waals surface area contributed by atoms with Crippen LogP contribution in [0.3, 0.4) is 0 Å². The van der Waals surface area contributed by atoms with Gasteiger partial charge in [-0.25, -0.2) is 0 Å². The van der Waals surface area contributed by atoms with Crippen molar-refractivity contribution in [1.82, 2.24) is 0 Å². The van der Waals surface area contributed by atoms with Gasteiger partial charge >= 0.3 is 0 Å². The normalized spacial score (nSPS) is 52.8. The summed E-state index contributed by atoms with van der Waals surface area (Å²) in [5, 5.41) is 53.3. The largest absolute Gasteiger partial charge is 0.396 e. The standard InChI is InChI=1S/C27H46O5/c1-15(14-28)6-5-7-16(2)22-24(31)25(32)23-18-13-21(30)20-12-17(29)8-10-26(20,3)19(18)9-11-27(22,23)4/h5,7,15-25,28-32H,6,8-14H2,1-4H3. The van der Waals surface area contributed by atoms with Crippen molar-refractivity contribution >= 4 is 0 Å². The average molecular weight is 451 g/mol. The van der Waals surface area contributed by atoms with E-state index in [0.717, 1.165) is 32.1 Å². The first-order valence-electron chi connectivity index (χ1n) is 13.0. The molecule has 184 valence electrons. The number of hydrogen-bond donors (Lipinski definition) is 5. The molecule has 0 saturated heterocycles. The van der Waals surface area contributed by atoms with Crippen LogP contribution in [-0.2, 0) is 0 Å². The van der Waals surface area contributed by atoms with Gasteiger partial charge in [-0.05, 0) is 97.2 Å². The maximum absolute atomic E-state index is 11.3. The summed E-state index contributed by atoms with van der Waals surface area (Å²) < 4.78 is 0. The SMILES string of the molecule is CC(CO)CC=CC(C)C1C(O)C(O)C2C3CC(O)C4CC(O)CCC4(C)C3CCC12C. The predicted octanol–water partition coefficient (Wildman–Crippen LogP) is 3.13. The van der Waals surface area contributed by atoms with Gasteiger partial charge in [-0.15, -0.1) is 0 Å². The lowest BCUT2D eigenvalue weighted by Crippen LogP contribution is -2.59. The molecular weight excluding hydrogens is 404 g/mol. The van der Waals surface area contributed by atoms with E-state index in [0.29, 0.717) is 18.8 Å². The van der Waals surface area contributed by atoms with Crippen molar-refractivity contribution in [3.05, 3.63) is 12.2 Å². The monoisotopic (exact) mass is 450 g/mol. The van der Waals surface area contributed by atoms with Gasteiger partial charge in [0, 0.05) is 6.61 Å². The molecule has 5 N–H and O–H groups in total. The van der Waals surface area contributed by atoms with Crippen molar-refractivity contribution in [1.29, 1.82) is 0 Å². The second kappa shape index (κ2) is 8.96. The summed E-state index contributed by atoms with van der Waals surface area (Å²) in [7, 11) is 0. The third-order valence-corrected chi connectivity index (χ3v) is 10.7. The molecule has 32 heavy (non-hydrogen) atoms. The van der Waals surface area contributed by atoms with Crippen molar-refractivity contribution in [2.24, 2.45) is 52.3 Å². The van der Waals surface area contributed by atoms with Crippen LogP contribution in [-0.4, -0.2) is 56.6 Å². The van der Waals surface area contributed by atoms with Crippen LogP contribution in [0.15, 0.2) is 12.2 Å². The molecule has 5 heteroatoms.